The van der Waals surface area contributed by atoms with E-state index in [-0.39, 0.29) is 0 Å². The summed E-state index contributed by atoms with van der Waals surface area (Å²) in [5.41, 5.74) is 2.52. The summed E-state index contributed by atoms with van der Waals surface area (Å²) in [7, 11) is 4.11. The van der Waals surface area contributed by atoms with Crippen molar-refractivity contribution >= 4 is 12.0 Å². The number of nitrogens with zero attached hydrogens (tertiary/aromatic N) is 1. The third kappa shape index (κ3) is 8.20. The molecule has 0 heterocycles. The Hall–Kier alpha value is -1.31. The maximum absolute atomic E-state index is 11.0. The normalized spacial score (nSPS) is 12.1. The average molecular weight is 318 g/mol. The Morgan fingerprint density at radius 1 is 0.913 bits per heavy atom. The molecule has 0 radical (unpaired) electrons. The molecule has 1 rings (SSSR count). The van der Waals surface area contributed by atoms with E-state index in [1.807, 2.05) is 0 Å². The summed E-state index contributed by atoms with van der Waals surface area (Å²) in [6, 6.07) is 8.68. The van der Waals surface area contributed by atoms with E-state index in [1.165, 1.54) is 62.6 Å². The van der Waals surface area contributed by atoms with E-state index in [0.29, 0.717) is 12.3 Å². The first-order valence-electron chi connectivity index (χ1n) is 9.40. The summed E-state index contributed by atoms with van der Waals surface area (Å²) in [5.74, 6) is 0.392. The molecule has 2 nitrogen and oxygen atoms in total. The van der Waals surface area contributed by atoms with Gasteiger partial charge in [-0.25, -0.2) is 0 Å². The second kappa shape index (κ2) is 12.2. The van der Waals surface area contributed by atoms with Crippen molar-refractivity contribution in [2.24, 2.45) is 0 Å². The number of carbonyl (C=O) groups is 1. The Kier molecular flexibility index (Phi) is 10.4. The average Bonchev–Trinajstić information content (AvgIpc) is 2.56. The maximum atomic E-state index is 11.0. The molecule has 0 saturated carbocycles. The molecule has 0 bridgehead atoms. The van der Waals surface area contributed by atoms with E-state index in [0.717, 1.165) is 12.7 Å². The molecule has 0 fully saturated rings. The van der Waals surface area contributed by atoms with Gasteiger partial charge in [0.25, 0.3) is 0 Å². The predicted octanol–water partition coefficient (Wildman–Crippen LogP) is 5.96. The summed E-state index contributed by atoms with van der Waals surface area (Å²) in [4.78, 5) is 13.1. The molecular formula is C21H35NO. The van der Waals surface area contributed by atoms with Crippen LogP contribution in [-0.4, -0.2) is 20.4 Å². The molecule has 1 aromatic rings. The van der Waals surface area contributed by atoms with Gasteiger partial charge in [-0.2, -0.15) is 0 Å². The van der Waals surface area contributed by atoms with Crippen LogP contribution in [-0.2, 0) is 4.79 Å². The van der Waals surface area contributed by atoms with Gasteiger partial charge in [0.05, 0.1) is 0 Å². The summed E-state index contributed by atoms with van der Waals surface area (Å²) in [5, 5.41) is 0. The minimum absolute atomic E-state index is 0.392. The Morgan fingerprint density at radius 3 is 2.00 bits per heavy atom. The standard InChI is InChI=1S/C21H35NO/c1-4-5-6-7-8-9-10-11-12-19(17-18-23)20-13-15-21(16-14-20)22(2)3/h13-16,18-19H,4-12,17H2,1-3H3/t19-/m1/s1. The first kappa shape index (κ1) is 19.7. The Bertz CT molecular complexity index is 410. The van der Waals surface area contributed by atoms with E-state index < -0.39 is 0 Å². The van der Waals surface area contributed by atoms with E-state index in [2.05, 4.69) is 50.2 Å². The van der Waals surface area contributed by atoms with Crippen molar-refractivity contribution in [3.8, 4) is 0 Å². The monoisotopic (exact) mass is 317 g/mol. The van der Waals surface area contributed by atoms with E-state index in [1.54, 1.807) is 0 Å². The molecule has 1 atom stereocenters. The summed E-state index contributed by atoms with van der Waals surface area (Å²) in [6.07, 6.45) is 13.6. The molecule has 0 aliphatic rings. The Labute approximate surface area is 143 Å². The van der Waals surface area contributed by atoms with Gasteiger partial charge >= 0.3 is 0 Å². The van der Waals surface area contributed by atoms with Gasteiger partial charge in [0.1, 0.15) is 6.29 Å². The fourth-order valence-electron chi connectivity index (χ4n) is 3.11. The van der Waals surface area contributed by atoms with Crippen LogP contribution in [0.3, 0.4) is 0 Å². The van der Waals surface area contributed by atoms with Gasteiger partial charge < -0.3 is 9.69 Å². The number of aldehydes is 1. The zero-order valence-electron chi connectivity index (χ0n) is 15.4. The lowest BCUT2D eigenvalue weighted by molar-refractivity contribution is -0.108. The smallest absolute Gasteiger partial charge is 0.120 e. The van der Waals surface area contributed by atoms with Crippen LogP contribution in [0.1, 0.15) is 82.6 Å². The number of anilines is 1. The lowest BCUT2D eigenvalue weighted by atomic mass is 9.90. The largest absolute Gasteiger partial charge is 0.378 e. The van der Waals surface area contributed by atoms with Crippen molar-refractivity contribution in [1.82, 2.24) is 0 Å². The predicted molar refractivity (Wildman–Crippen MR) is 101 cm³/mol. The fraction of sp³-hybridized carbons (Fsp3) is 0.667. The molecule has 0 N–H and O–H groups in total. The topological polar surface area (TPSA) is 20.3 Å². The summed E-state index contributed by atoms with van der Waals surface area (Å²) >= 11 is 0. The molecule has 0 spiro atoms. The number of benzene rings is 1. The minimum atomic E-state index is 0.392. The number of carbonyl (C=O) groups excluding carboxylic acids is 1. The molecule has 0 amide bonds. The number of hydrogen-bond donors (Lipinski definition) is 0. The highest BCUT2D eigenvalue weighted by Crippen LogP contribution is 2.27. The van der Waals surface area contributed by atoms with Gasteiger partial charge in [0, 0.05) is 26.2 Å². The lowest BCUT2D eigenvalue weighted by Gasteiger charge is -2.17. The minimum Gasteiger partial charge on any atom is -0.378 e. The van der Waals surface area contributed by atoms with Gasteiger partial charge in [-0.05, 0) is 30.0 Å². The zero-order chi connectivity index (χ0) is 16.9. The first-order chi connectivity index (χ1) is 11.2. The van der Waals surface area contributed by atoms with Crippen LogP contribution in [0, 0.1) is 0 Å². The van der Waals surface area contributed by atoms with Gasteiger partial charge in [0.15, 0.2) is 0 Å². The van der Waals surface area contributed by atoms with E-state index in [4.69, 9.17) is 0 Å². The summed E-state index contributed by atoms with van der Waals surface area (Å²) < 4.78 is 0. The van der Waals surface area contributed by atoms with E-state index in [9.17, 15) is 4.79 Å². The number of hydrogen-bond acceptors (Lipinski definition) is 2. The quantitative estimate of drug-likeness (QED) is 0.330. The SMILES string of the molecule is CCCCCCCCCC[C@H](CC=O)c1ccc(N(C)C)cc1. The van der Waals surface area contributed by atoms with Crippen molar-refractivity contribution in [2.45, 2.75) is 77.0 Å². The molecule has 0 aliphatic carbocycles. The molecule has 0 unspecified atom stereocenters. The lowest BCUT2D eigenvalue weighted by Crippen LogP contribution is -2.08. The van der Waals surface area contributed by atoms with Crippen molar-refractivity contribution in [3.63, 3.8) is 0 Å². The van der Waals surface area contributed by atoms with Gasteiger partial charge in [-0.1, -0.05) is 70.4 Å². The van der Waals surface area contributed by atoms with Crippen molar-refractivity contribution < 1.29 is 4.79 Å². The van der Waals surface area contributed by atoms with Gasteiger partial charge in [-0.3, -0.25) is 0 Å². The molecule has 130 valence electrons. The van der Waals surface area contributed by atoms with Crippen molar-refractivity contribution in [2.75, 3.05) is 19.0 Å². The van der Waals surface area contributed by atoms with Crippen LogP contribution in [0.2, 0.25) is 0 Å². The summed E-state index contributed by atoms with van der Waals surface area (Å²) in [6.45, 7) is 2.26. The molecule has 0 saturated heterocycles. The molecule has 23 heavy (non-hydrogen) atoms. The van der Waals surface area contributed by atoms with Crippen molar-refractivity contribution in [1.29, 1.82) is 0 Å². The Morgan fingerprint density at radius 2 is 1.48 bits per heavy atom. The van der Waals surface area contributed by atoms with Gasteiger partial charge in [-0.15, -0.1) is 0 Å². The third-order valence-corrected chi connectivity index (χ3v) is 4.67. The number of rotatable bonds is 13. The highest BCUT2D eigenvalue weighted by Gasteiger charge is 2.11. The maximum Gasteiger partial charge on any atom is 0.120 e. The van der Waals surface area contributed by atoms with Crippen LogP contribution < -0.4 is 4.90 Å². The second-order valence-corrected chi connectivity index (χ2v) is 6.85. The highest BCUT2D eigenvalue weighted by atomic mass is 16.1. The van der Waals surface area contributed by atoms with Crippen LogP contribution in [0.4, 0.5) is 5.69 Å². The van der Waals surface area contributed by atoms with Crippen molar-refractivity contribution in [3.05, 3.63) is 29.8 Å². The fourth-order valence-corrected chi connectivity index (χ4v) is 3.11. The first-order valence-corrected chi connectivity index (χ1v) is 9.40. The molecule has 0 aromatic heterocycles. The molecule has 2 heteroatoms. The second-order valence-electron chi connectivity index (χ2n) is 6.85. The van der Waals surface area contributed by atoms with Crippen LogP contribution in [0.25, 0.3) is 0 Å². The highest BCUT2D eigenvalue weighted by molar-refractivity contribution is 5.53. The molecule has 0 aliphatic heterocycles. The third-order valence-electron chi connectivity index (χ3n) is 4.67. The molecule has 1 aromatic carbocycles. The number of unbranched alkanes of at least 4 members (excludes halogenated alkanes) is 7. The van der Waals surface area contributed by atoms with Crippen LogP contribution >= 0.6 is 0 Å². The molecular weight excluding hydrogens is 282 g/mol. The van der Waals surface area contributed by atoms with Gasteiger partial charge in [0.2, 0.25) is 0 Å². The van der Waals surface area contributed by atoms with E-state index >= 15 is 0 Å². The zero-order valence-corrected chi connectivity index (χ0v) is 15.4. The Balaban J connectivity index is 2.33. The van der Waals surface area contributed by atoms with Crippen LogP contribution in [0.15, 0.2) is 24.3 Å². The van der Waals surface area contributed by atoms with Crippen LogP contribution in [0.5, 0.6) is 0 Å².